The Morgan fingerprint density at radius 3 is 3.25 bits per heavy atom. The van der Waals surface area contributed by atoms with E-state index in [9.17, 15) is 4.79 Å². The lowest BCUT2D eigenvalue weighted by Crippen LogP contribution is -2.42. The minimum Gasteiger partial charge on any atom is -0.366 e. The highest BCUT2D eigenvalue weighted by molar-refractivity contribution is 7.14. The van der Waals surface area contributed by atoms with Gasteiger partial charge in [-0.1, -0.05) is 6.92 Å². The van der Waals surface area contributed by atoms with Gasteiger partial charge in [-0.2, -0.15) is 5.10 Å². The summed E-state index contributed by atoms with van der Waals surface area (Å²) in [6.45, 7) is 3.78. The van der Waals surface area contributed by atoms with E-state index in [4.69, 9.17) is 4.74 Å². The normalized spacial score (nSPS) is 20.4. The third-order valence-electron chi connectivity index (χ3n) is 4.63. The van der Waals surface area contributed by atoms with Crippen LogP contribution in [0.3, 0.4) is 0 Å². The Balaban J connectivity index is 1.46. The van der Waals surface area contributed by atoms with Crippen LogP contribution in [0.15, 0.2) is 6.07 Å². The number of aromatic amines is 1. The van der Waals surface area contributed by atoms with E-state index in [1.165, 1.54) is 16.9 Å². The maximum absolute atomic E-state index is 12.8. The quantitative estimate of drug-likeness (QED) is 0.923. The van der Waals surface area contributed by atoms with Crippen molar-refractivity contribution in [2.75, 3.05) is 19.7 Å². The Morgan fingerprint density at radius 2 is 2.42 bits per heavy atom. The number of morpholine rings is 1. The number of carbonyl (C=O) groups is 1. The van der Waals surface area contributed by atoms with Crippen molar-refractivity contribution >= 4 is 17.2 Å². The fraction of sp³-hybridized carbons (Fsp3) is 0.588. The predicted molar refractivity (Wildman–Crippen MR) is 91.3 cm³/mol. The lowest BCUT2D eigenvalue weighted by Gasteiger charge is -2.31. The smallest absolute Gasteiger partial charge is 0.264 e. The van der Waals surface area contributed by atoms with Crippen LogP contribution in [0.2, 0.25) is 0 Å². The summed E-state index contributed by atoms with van der Waals surface area (Å²) in [6.07, 6.45) is 5.12. The van der Waals surface area contributed by atoms with E-state index in [1.54, 1.807) is 11.3 Å². The maximum atomic E-state index is 12.8. The molecule has 0 saturated carbocycles. The van der Waals surface area contributed by atoms with Gasteiger partial charge in [-0.25, -0.2) is 4.98 Å². The summed E-state index contributed by atoms with van der Waals surface area (Å²) in [5.74, 6) is 1.66. The second kappa shape index (κ2) is 6.64. The van der Waals surface area contributed by atoms with Gasteiger partial charge in [0.1, 0.15) is 11.9 Å². The summed E-state index contributed by atoms with van der Waals surface area (Å²) in [5.41, 5.74) is 1.37. The number of nitrogens with zero attached hydrogens (tertiary/aromatic N) is 3. The van der Waals surface area contributed by atoms with Crippen molar-refractivity contribution < 1.29 is 9.53 Å². The maximum Gasteiger partial charge on any atom is 0.264 e. The Hall–Kier alpha value is -1.73. The second-order valence-corrected chi connectivity index (χ2v) is 7.55. The van der Waals surface area contributed by atoms with Gasteiger partial charge in [0.2, 0.25) is 0 Å². The molecule has 2 aromatic heterocycles. The van der Waals surface area contributed by atoms with Crippen molar-refractivity contribution in [3.63, 3.8) is 0 Å². The molecule has 1 atom stereocenters. The zero-order chi connectivity index (χ0) is 16.5. The number of thiophene rings is 1. The molecule has 1 saturated heterocycles. The van der Waals surface area contributed by atoms with Crippen molar-refractivity contribution in [3.8, 4) is 0 Å². The van der Waals surface area contributed by atoms with Crippen LogP contribution in [0.4, 0.5) is 0 Å². The molecule has 1 aliphatic heterocycles. The molecule has 1 fully saturated rings. The van der Waals surface area contributed by atoms with Gasteiger partial charge in [-0.3, -0.25) is 9.89 Å². The van der Waals surface area contributed by atoms with Crippen LogP contribution in [0, 0.1) is 0 Å². The Bertz CT molecular complexity index is 717. The van der Waals surface area contributed by atoms with Crippen molar-refractivity contribution in [3.05, 3.63) is 33.0 Å². The molecular weight excluding hydrogens is 324 g/mol. The van der Waals surface area contributed by atoms with E-state index in [1.807, 2.05) is 4.90 Å². The summed E-state index contributed by atoms with van der Waals surface area (Å²) in [5, 5.41) is 7.23. The van der Waals surface area contributed by atoms with Crippen LogP contribution in [-0.2, 0) is 24.0 Å². The summed E-state index contributed by atoms with van der Waals surface area (Å²) in [7, 11) is 0. The minimum absolute atomic E-state index is 0.118. The van der Waals surface area contributed by atoms with E-state index in [0.29, 0.717) is 25.5 Å². The summed E-state index contributed by atoms with van der Waals surface area (Å²) < 4.78 is 5.80. The molecule has 2 aromatic rings. The Kier molecular flexibility index (Phi) is 4.37. The topological polar surface area (TPSA) is 71.1 Å². The molecule has 7 heteroatoms. The molecule has 0 radical (unpaired) electrons. The monoisotopic (exact) mass is 346 g/mol. The number of aryl methyl sites for hydroxylation is 3. The summed E-state index contributed by atoms with van der Waals surface area (Å²) >= 11 is 1.66. The number of hydrogen-bond donors (Lipinski definition) is 1. The Labute approximate surface area is 145 Å². The van der Waals surface area contributed by atoms with Gasteiger partial charge >= 0.3 is 0 Å². The van der Waals surface area contributed by atoms with Gasteiger partial charge < -0.3 is 9.64 Å². The Morgan fingerprint density at radius 1 is 1.50 bits per heavy atom. The van der Waals surface area contributed by atoms with Crippen LogP contribution < -0.4 is 0 Å². The number of ether oxygens (including phenoxy) is 1. The first-order valence-electron chi connectivity index (χ1n) is 8.68. The van der Waals surface area contributed by atoms with Crippen molar-refractivity contribution in [2.24, 2.45) is 0 Å². The zero-order valence-corrected chi connectivity index (χ0v) is 14.7. The van der Waals surface area contributed by atoms with Gasteiger partial charge in [0.25, 0.3) is 5.91 Å². The van der Waals surface area contributed by atoms with Crippen molar-refractivity contribution in [1.29, 1.82) is 0 Å². The van der Waals surface area contributed by atoms with E-state index < -0.39 is 0 Å². The first-order chi connectivity index (χ1) is 11.7. The van der Waals surface area contributed by atoms with E-state index >= 15 is 0 Å². The van der Waals surface area contributed by atoms with Crippen LogP contribution >= 0.6 is 11.3 Å². The van der Waals surface area contributed by atoms with Crippen LogP contribution in [0.1, 0.15) is 57.6 Å². The molecule has 0 bridgehead atoms. The standard InChI is InChI=1S/C17H22N4O2S/c1-2-4-15-18-16(20-19-15)12-10-21(7-8-23-12)17(22)14-9-11-5-3-6-13(11)24-14/h9,12H,2-8,10H2,1H3,(H,18,19,20)/t12-/m1/s1. The molecule has 24 heavy (non-hydrogen) atoms. The van der Waals surface area contributed by atoms with Gasteiger partial charge in [-0.15, -0.1) is 11.3 Å². The average Bonchev–Trinajstić information content (AvgIpc) is 3.30. The second-order valence-electron chi connectivity index (χ2n) is 6.41. The van der Waals surface area contributed by atoms with Gasteiger partial charge in [0.05, 0.1) is 18.0 Å². The lowest BCUT2D eigenvalue weighted by atomic mass is 10.2. The molecule has 1 aliphatic carbocycles. The number of rotatable bonds is 4. The molecular formula is C17H22N4O2S. The fourth-order valence-electron chi connectivity index (χ4n) is 3.38. The first-order valence-corrected chi connectivity index (χ1v) is 9.50. The largest absolute Gasteiger partial charge is 0.366 e. The lowest BCUT2D eigenvalue weighted by molar-refractivity contribution is -0.0265. The molecule has 2 aliphatic rings. The van der Waals surface area contributed by atoms with Crippen LogP contribution in [0.25, 0.3) is 0 Å². The molecule has 3 heterocycles. The highest BCUT2D eigenvalue weighted by Gasteiger charge is 2.30. The molecule has 4 rings (SSSR count). The SMILES string of the molecule is CCCc1nc([C@H]2CN(C(=O)c3cc4c(s3)CCC4)CCO2)n[nH]1. The van der Waals surface area contributed by atoms with Crippen molar-refractivity contribution in [1.82, 2.24) is 20.1 Å². The summed E-state index contributed by atoms with van der Waals surface area (Å²) in [4.78, 5) is 21.5. The number of fused-ring (bicyclic) bond motifs is 1. The number of hydrogen-bond acceptors (Lipinski definition) is 5. The highest BCUT2D eigenvalue weighted by Crippen LogP contribution is 2.32. The van der Waals surface area contributed by atoms with Gasteiger partial charge in [0, 0.05) is 17.8 Å². The number of H-pyrrole nitrogens is 1. The van der Waals surface area contributed by atoms with Crippen molar-refractivity contribution in [2.45, 2.75) is 45.1 Å². The molecule has 0 unspecified atom stereocenters. The molecule has 128 valence electrons. The number of amides is 1. The van der Waals surface area contributed by atoms with Gasteiger partial charge in [0.15, 0.2) is 5.82 Å². The molecule has 6 nitrogen and oxygen atoms in total. The molecule has 0 aromatic carbocycles. The summed E-state index contributed by atoms with van der Waals surface area (Å²) in [6, 6.07) is 2.09. The van der Waals surface area contributed by atoms with E-state index in [2.05, 4.69) is 28.2 Å². The minimum atomic E-state index is -0.239. The molecule has 0 spiro atoms. The number of nitrogens with one attached hydrogen (secondary N) is 1. The molecule has 1 amide bonds. The number of aromatic nitrogens is 3. The highest BCUT2D eigenvalue weighted by atomic mass is 32.1. The third kappa shape index (κ3) is 2.98. The number of carbonyl (C=O) groups excluding carboxylic acids is 1. The first kappa shape index (κ1) is 15.8. The van der Waals surface area contributed by atoms with Crippen LogP contribution in [-0.4, -0.2) is 45.7 Å². The average molecular weight is 346 g/mol. The van der Waals surface area contributed by atoms with E-state index in [0.717, 1.165) is 36.4 Å². The zero-order valence-electron chi connectivity index (χ0n) is 13.9. The van der Waals surface area contributed by atoms with Gasteiger partial charge in [-0.05, 0) is 37.3 Å². The third-order valence-corrected chi connectivity index (χ3v) is 5.86. The van der Waals surface area contributed by atoms with Crippen LogP contribution in [0.5, 0.6) is 0 Å². The molecule has 1 N–H and O–H groups in total. The predicted octanol–water partition coefficient (Wildman–Crippen LogP) is 2.52. The fourth-order valence-corrected chi connectivity index (χ4v) is 4.60. The van der Waals surface area contributed by atoms with E-state index in [-0.39, 0.29) is 12.0 Å².